The van der Waals surface area contributed by atoms with Crippen molar-refractivity contribution in [3.8, 4) is 0 Å². The molecule has 1 saturated heterocycles. The van der Waals surface area contributed by atoms with Gasteiger partial charge in [0.25, 0.3) is 0 Å². The molecule has 0 saturated carbocycles. The Labute approximate surface area is 82.6 Å². The third-order valence-electron chi connectivity index (χ3n) is 2.44. The Morgan fingerprint density at radius 1 is 1.71 bits per heavy atom. The summed E-state index contributed by atoms with van der Waals surface area (Å²) in [6, 6.07) is 1.89. The number of allylic oxidation sites excluding steroid dienone is 1. The highest BCUT2D eigenvalue weighted by molar-refractivity contribution is 5.85. The summed E-state index contributed by atoms with van der Waals surface area (Å²) in [7, 11) is 1.85. The predicted molar refractivity (Wildman–Crippen MR) is 52.5 cm³/mol. The number of aryl methyl sites for hydroxylation is 1. The summed E-state index contributed by atoms with van der Waals surface area (Å²) >= 11 is 0. The molecule has 1 N–H and O–H groups in total. The van der Waals surface area contributed by atoms with Crippen molar-refractivity contribution < 1.29 is 4.79 Å². The molecule has 1 aliphatic heterocycles. The summed E-state index contributed by atoms with van der Waals surface area (Å²) in [6.07, 6.45) is 3.50. The number of carbonyl (C=O) groups is 1. The minimum Gasteiger partial charge on any atom is -0.330 e. The Balaban J connectivity index is 2.19. The summed E-state index contributed by atoms with van der Waals surface area (Å²) < 4.78 is 1.71. The number of hydrogen-bond donors (Lipinski definition) is 1. The normalized spacial score (nSPS) is 22.2. The zero-order chi connectivity index (χ0) is 10.1. The fourth-order valence-electron chi connectivity index (χ4n) is 1.67. The smallest absolute Gasteiger partial charge is 0.233 e. The van der Waals surface area contributed by atoms with Gasteiger partial charge < -0.3 is 5.32 Å². The molecule has 2 heterocycles. The van der Waals surface area contributed by atoms with Gasteiger partial charge in [-0.2, -0.15) is 5.10 Å². The van der Waals surface area contributed by atoms with Crippen LogP contribution in [0, 0.1) is 0 Å². The van der Waals surface area contributed by atoms with Crippen LogP contribution in [0.15, 0.2) is 24.5 Å². The van der Waals surface area contributed by atoms with E-state index in [4.69, 9.17) is 0 Å². The Morgan fingerprint density at radius 2 is 2.50 bits per heavy atom. The third kappa shape index (κ3) is 1.55. The fourth-order valence-corrected chi connectivity index (χ4v) is 1.67. The molecule has 74 valence electrons. The summed E-state index contributed by atoms with van der Waals surface area (Å²) in [5.74, 6) is -0.0957. The number of nitrogens with zero attached hydrogens (tertiary/aromatic N) is 2. The minimum absolute atomic E-state index is 0.0138. The van der Waals surface area contributed by atoms with E-state index < -0.39 is 0 Å². The van der Waals surface area contributed by atoms with E-state index in [9.17, 15) is 4.79 Å². The predicted octanol–water partition coefficient (Wildman–Crippen LogP) is 0.927. The van der Waals surface area contributed by atoms with Crippen molar-refractivity contribution in [3.63, 3.8) is 0 Å². The minimum atomic E-state index is -0.110. The molecule has 4 heteroatoms. The van der Waals surface area contributed by atoms with E-state index in [0.717, 1.165) is 24.2 Å². The lowest BCUT2D eigenvalue weighted by molar-refractivity contribution is -0.122. The first kappa shape index (κ1) is 8.99. The number of hydrogen-bond acceptors (Lipinski definition) is 2. The van der Waals surface area contributed by atoms with Crippen LogP contribution in [0.3, 0.4) is 0 Å². The third-order valence-corrected chi connectivity index (χ3v) is 2.44. The lowest BCUT2D eigenvalue weighted by Gasteiger charge is -2.21. The molecule has 0 spiro atoms. The summed E-state index contributed by atoms with van der Waals surface area (Å²) in [5, 5.41) is 6.99. The second-order valence-corrected chi connectivity index (χ2v) is 3.60. The van der Waals surface area contributed by atoms with Gasteiger partial charge in [-0.25, -0.2) is 0 Å². The molecule has 1 atom stereocenters. The van der Waals surface area contributed by atoms with Gasteiger partial charge >= 0.3 is 0 Å². The quantitative estimate of drug-likeness (QED) is 0.717. The van der Waals surface area contributed by atoms with Crippen molar-refractivity contribution in [1.29, 1.82) is 0 Å². The molecule has 0 radical (unpaired) electrons. The number of nitrogens with one attached hydrogen (secondary N) is 1. The van der Waals surface area contributed by atoms with E-state index in [1.807, 2.05) is 19.3 Å². The first-order valence-electron chi connectivity index (χ1n) is 4.65. The highest BCUT2D eigenvalue weighted by atomic mass is 16.2. The van der Waals surface area contributed by atoms with Crippen molar-refractivity contribution in [1.82, 2.24) is 15.1 Å². The maximum Gasteiger partial charge on any atom is 0.233 e. The molecule has 2 rings (SSSR count). The number of carbonyl (C=O) groups excluding carboxylic acids is 1. The monoisotopic (exact) mass is 191 g/mol. The number of amides is 1. The second kappa shape index (κ2) is 3.29. The van der Waals surface area contributed by atoms with Crippen LogP contribution in [0.5, 0.6) is 0 Å². The molecule has 1 fully saturated rings. The van der Waals surface area contributed by atoms with E-state index in [0.29, 0.717) is 0 Å². The van der Waals surface area contributed by atoms with Crippen molar-refractivity contribution in [2.75, 3.05) is 0 Å². The fraction of sp³-hybridized carbons (Fsp3) is 0.400. The van der Waals surface area contributed by atoms with Crippen molar-refractivity contribution in [3.05, 3.63) is 30.2 Å². The lowest BCUT2D eigenvalue weighted by atomic mass is 9.94. The van der Waals surface area contributed by atoms with Gasteiger partial charge in [0.2, 0.25) is 5.91 Å². The van der Waals surface area contributed by atoms with Crippen LogP contribution in [0.4, 0.5) is 0 Å². The number of rotatable bonds is 1. The highest BCUT2D eigenvalue weighted by Crippen LogP contribution is 2.25. The molecular weight excluding hydrogens is 178 g/mol. The van der Waals surface area contributed by atoms with E-state index in [-0.39, 0.29) is 11.8 Å². The van der Waals surface area contributed by atoms with Crippen LogP contribution in [-0.2, 0) is 11.8 Å². The van der Waals surface area contributed by atoms with Gasteiger partial charge in [-0.3, -0.25) is 9.48 Å². The summed E-state index contributed by atoms with van der Waals surface area (Å²) in [4.78, 5) is 11.6. The van der Waals surface area contributed by atoms with Gasteiger partial charge in [0.1, 0.15) is 0 Å². The van der Waals surface area contributed by atoms with Gasteiger partial charge in [0.05, 0.1) is 11.6 Å². The Morgan fingerprint density at radius 3 is 3.07 bits per heavy atom. The molecule has 1 aliphatic rings. The van der Waals surface area contributed by atoms with Crippen LogP contribution in [0.1, 0.15) is 24.5 Å². The average molecular weight is 191 g/mol. The Hall–Kier alpha value is -1.58. The molecule has 0 bridgehead atoms. The van der Waals surface area contributed by atoms with Crippen LogP contribution in [0.25, 0.3) is 0 Å². The van der Waals surface area contributed by atoms with Crippen LogP contribution >= 0.6 is 0 Å². The summed E-state index contributed by atoms with van der Waals surface area (Å²) in [5.41, 5.74) is 1.65. The Kier molecular flexibility index (Phi) is 2.11. The lowest BCUT2D eigenvalue weighted by Crippen LogP contribution is -2.33. The second-order valence-electron chi connectivity index (χ2n) is 3.60. The first-order valence-corrected chi connectivity index (χ1v) is 4.65. The standard InChI is InChI=1S/C10H13N3O/c1-7-3-4-8(10(14)11-7)9-5-6-13(2)12-9/h5-6,8H,1,3-4H2,2H3,(H,11,14). The van der Waals surface area contributed by atoms with Gasteiger partial charge in [0.15, 0.2) is 0 Å². The van der Waals surface area contributed by atoms with Gasteiger partial charge in [-0.1, -0.05) is 6.58 Å². The highest BCUT2D eigenvalue weighted by Gasteiger charge is 2.26. The van der Waals surface area contributed by atoms with Gasteiger partial charge in [0, 0.05) is 18.9 Å². The topological polar surface area (TPSA) is 46.9 Å². The summed E-state index contributed by atoms with van der Waals surface area (Å²) in [6.45, 7) is 3.74. The van der Waals surface area contributed by atoms with Gasteiger partial charge in [-0.05, 0) is 18.9 Å². The van der Waals surface area contributed by atoms with Crippen molar-refractivity contribution in [2.45, 2.75) is 18.8 Å². The van der Waals surface area contributed by atoms with Gasteiger partial charge in [-0.15, -0.1) is 0 Å². The maximum absolute atomic E-state index is 11.6. The van der Waals surface area contributed by atoms with E-state index in [1.165, 1.54) is 0 Å². The van der Waals surface area contributed by atoms with E-state index in [2.05, 4.69) is 17.0 Å². The van der Waals surface area contributed by atoms with Crippen molar-refractivity contribution >= 4 is 5.91 Å². The van der Waals surface area contributed by atoms with Crippen LogP contribution in [-0.4, -0.2) is 15.7 Å². The molecule has 0 aromatic carbocycles. The van der Waals surface area contributed by atoms with Crippen LogP contribution < -0.4 is 5.32 Å². The molecule has 1 amide bonds. The largest absolute Gasteiger partial charge is 0.330 e. The molecule has 1 aromatic heterocycles. The van der Waals surface area contributed by atoms with E-state index >= 15 is 0 Å². The number of aromatic nitrogens is 2. The number of piperidine rings is 1. The van der Waals surface area contributed by atoms with Crippen molar-refractivity contribution in [2.24, 2.45) is 7.05 Å². The van der Waals surface area contributed by atoms with Crippen LogP contribution in [0.2, 0.25) is 0 Å². The first-order chi connectivity index (χ1) is 6.66. The van der Waals surface area contributed by atoms with E-state index in [1.54, 1.807) is 4.68 Å². The molecular formula is C10H13N3O. The molecule has 1 unspecified atom stereocenters. The zero-order valence-electron chi connectivity index (χ0n) is 8.16. The molecule has 0 aliphatic carbocycles. The molecule has 4 nitrogen and oxygen atoms in total. The average Bonchev–Trinajstić information content (AvgIpc) is 2.51. The Bertz CT molecular complexity index is 380. The SMILES string of the molecule is C=C1CCC(c2ccn(C)n2)C(=O)N1. The zero-order valence-corrected chi connectivity index (χ0v) is 8.16. The molecule has 1 aromatic rings. The maximum atomic E-state index is 11.6. The molecule has 14 heavy (non-hydrogen) atoms.